The lowest BCUT2D eigenvalue weighted by Gasteiger charge is -2.20. The van der Waals surface area contributed by atoms with Gasteiger partial charge >= 0.3 is 6.18 Å². The van der Waals surface area contributed by atoms with Crippen molar-refractivity contribution in [3.63, 3.8) is 0 Å². The van der Waals surface area contributed by atoms with Gasteiger partial charge in [0.25, 0.3) is 5.78 Å². The Labute approximate surface area is 130 Å². The molecule has 0 radical (unpaired) electrons. The lowest BCUT2D eigenvalue weighted by Crippen LogP contribution is -2.42. The van der Waals surface area contributed by atoms with Crippen molar-refractivity contribution in [3.05, 3.63) is 42.4 Å². The fourth-order valence-electron chi connectivity index (χ4n) is 1.67. The summed E-state index contributed by atoms with van der Waals surface area (Å²) in [6.07, 6.45) is -3.91. The minimum Gasteiger partial charge on any atom is -0.379 e. The molecule has 0 saturated heterocycles. The Kier molecular flexibility index (Phi) is 6.29. The number of hydrogen-bond donors (Lipinski definition) is 2. The molecule has 1 unspecified atom stereocenters. The maximum atomic E-state index is 13.5. The first-order valence-electron chi connectivity index (χ1n) is 6.72. The molecule has 8 heteroatoms. The van der Waals surface area contributed by atoms with Crippen LogP contribution >= 0.6 is 0 Å². The largest absolute Gasteiger partial charge is 0.454 e. The number of benzene rings is 1. The van der Waals surface area contributed by atoms with E-state index in [1.165, 1.54) is 18.2 Å². The van der Waals surface area contributed by atoms with E-state index >= 15 is 0 Å². The SMILES string of the molecule is CC(C)C(N/C=C/C(=O)C(F)(F)F)C(=O)Nc1ccccc1F. The Hall–Kier alpha value is -2.38. The van der Waals surface area contributed by atoms with Crippen LogP contribution in [0.2, 0.25) is 0 Å². The number of nitrogens with one attached hydrogen (secondary N) is 2. The summed E-state index contributed by atoms with van der Waals surface area (Å²) in [4.78, 5) is 22.8. The van der Waals surface area contributed by atoms with Crippen LogP contribution in [0.3, 0.4) is 0 Å². The third-order valence-corrected chi connectivity index (χ3v) is 2.87. The van der Waals surface area contributed by atoms with Crippen molar-refractivity contribution < 1.29 is 27.2 Å². The first kappa shape index (κ1) is 18.7. The number of para-hydroxylation sites is 1. The Morgan fingerprint density at radius 2 is 1.78 bits per heavy atom. The lowest BCUT2D eigenvalue weighted by atomic mass is 10.0. The quantitative estimate of drug-likeness (QED) is 0.622. The number of hydrogen-bond acceptors (Lipinski definition) is 3. The highest BCUT2D eigenvalue weighted by molar-refractivity contribution is 5.96. The van der Waals surface area contributed by atoms with Gasteiger partial charge in [-0.2, -0.15) is 13.2 Å². The molecule has 0 aliphatic carbocycles. The van der Waals surface area contributed by atoms with Gasteiger partial charge in [-0.15, -0.1) is 0 Å². The maximum absolute atomic E-state index is 13.5. The number of halogens is 4. The van der Waals surface area contributed by atoms with Crippen molar-refractivity contribution >= 4 is 17.4 Å². The zero-order valence-electron chi connectivity index (χ0n) is 12.4. The van der Waals surface area contributed by atoms with Crippen LogP contribution in [-0.2, 0) is 9.59 Å². The summed E-state index contributed by atoms with van der Waals surface area (Å²) in [6, 6.07) is 4.56. The molecule has 4 nitrogen and oxygen atoms in total. The number of rotatable bonds is 6. The second-order valence-corrected chi connectivity index (χ2v) is 5.05. The highest BCUT2D eigenvalue weighted by atomic mass is 19.4. The number of allylic oxidation sites excluding steroid dienone is 1. The Bertz CT molecular complexity index is 597. The summed E-state index contributed by atoms with van der Waals surface area (Å²) in [7, 11) is 0. The molecule has 0 bridgehead atoms. The molecule has 126 valence electrons. The second-order valence-electron chi connectivity index (χ2n) is 5.05. The summed E-state index contributed by atoms with van der Waals surface area (Å²) in [5, 5.41) is 4.77. The van der Waals surface area contributed by atoms with Gasteiger partial charge in [0.2, 0.25) is 5.91 Å². The molecule has 0 heterocycles. The van der Waals surface area contributed by atoms with Gasteiger partial charge in [-0.1, -0.05) is 26.0 Å². The lowest BCUT2D eigenvalue weighted by molar-refractivity contribution is -0.165. The fraction of sp³-hybridized carbons (Fsp3) is 0.333. The molecule has 1 aromatic rings. The predicted molar refractivity (Wildman–Crippen MR) is 77.0 cm³/mol. The molecule has 2 N–H and O–H groups in total. The van der Waals surface area contributed by atoms with Crippen molar-refractivity contribution in [1.82, 2.24) is 5.32 Å². The average Bonchev–Trinajstić information content (AvgIpc) is 2.44. The number of carbonyl (C=O) groups excluding carboxylic acids is 2. The standard InChI is InChI=1S/C15H16F4N2O2/c1-9(2)13(20-8-7-12(22)15(17,18)19)14(23)21-11-6-4-3-5-10(11)16/h3-9,13,20H,1-2H3,(H,21,23)/b8-7+. The van der Waals surface area contributed by atoms with Crippen molar-refractivity contribution in [2.75, 3.05) is 5.32 Å². The zero-order valence-corrected chi connectivity index (χ0v) is 12.4. The van der Waals surface area contributed by atoms with Crippen molar-refractivity contribution in [2.24, 2.45) is 5.92 Å². The third kappa shape index (κ3) is 5.72. The number of anilines is 1. The molecular weight excluding hydrogens is 316 g/mol. The summed E-state index contributed by atoms with van der Waals surface area (Å²) >= 11 is 0. The molecule has 23 heavy (non-hydrogen) atoms. The minimum atomic E-state index is -4.97. The van der Waals surface area contributed by atoms with E-state index in [1.54, 1.807) is 13.8 Å². The monoisotopic (exact) mass is 332 g/mol. The Balaban J connectivity index is 2.75. The van der Waals surface area contributed by atoms with Gasteiger partial charge in [0.05, 0.1) is 5.69 Å². The van der Waals surface area contributed by atoms with E-state index in [-0.39, 0.29) is 11.6 Å². The Morgan fingerprint density at radius 1 is 1.17 bits per heavy atom. The van der Waals surface area contributed by atoms with Crippen molar-refractivity contribution in [2.45, 2.75) is 26.1 Å². The van der Waals surface area contributed by atoms with E-state index < -0.39 is 29.7 Å². The molecule has 0 aromatic heterocycles. The van der Waals surface area contributed by atoms with E-state index in [0.29, 0.717) is 6.08 Å². The Morgan fingerprint density at radius 3 is 2.30 bits per heavy atom. The summed E-state index contributed by atoms with van der Waals surface area (Å²) in [6.45, 7) is 3.30. The van der Waals surface area contributed by atoms with Crippen LogP contribution in [0.25, 0.3) is 0 Å². The minimum absolute atomic E-state index is 0.0414. The van der Waals surface area contributed by atoms with Crippen LogP contribution in [0, 0.1) is 11.7 Å². The molecule has 1 atom stereocenters. The van der Waals surface area contributed by atoms with Crippen LogP contribution in [-0.4, -0.2) is 23.9 Å². The number of alkyl halides is 3. The first-order valence-corrected chi connectivity index (χ1v) is 6.72. The van der Waals surface area contributed by atoms with E-state index in [4.69, 9.17) is 0 Å². The maximum Gasteiger partial charge on any atom is 0.454 e. The van der Waals surface area contributed by atoms with Gasteiger partial charge in [-0.25, -0.2) is 4.39 Å². The summed E-state index contributed by atoms with van der Waals surface area (Å²) in [5.41, 5.74) is -0.0414. The number of carbonyl (C=O) groups is 2. The molecule has 0 saturated carbocycles. The first-order chi connectivity index (χ1) is 10.6. The third-order valence-electron chi connectivity index (χ3n) is 2.87. The highest BCUT2D eigenvalue weighted by Crippen LogP contribution is 2.16. The van der Waals surface area contributed by atoms with E-state index in [0.717, 1.165) is 12.3 Å². The van der Waals surface area contributed by atoms with E-state index in [2.05, 4.69) is 10.6 Å². The summed E-state index contributed by atoms with van der Waals surface area (Å²) in [5.74, 6) is -3.62. The molecule has 1 aromatic carbocycles. The molecular formula is C15H16F4N2O2. The molecule has 0 aliphatic heterocycles. The average molecular weight is 332 g/mol. The number of amides is 1. The molecule has 1 rings (SSSR count). The number of ketones is 1. The molecule has 0 aliphatic rings. The van der Waals surface area contributed by atoms with Gasteiger partial charge in [-0.3, -0.25) is 9.59 Å². The summed E-state index contributed by atoms with van der Waals surface area (Å²) < 4.78 is 49.7. The van der Waals surface area contributed by atoms with Gasteiger partial charge in [0.15, 0.2) is 0 Å². The van der Waals surface area contributed by atoms with Crippen LogP contribution in [0.1, 0.15) is 13.8 Å². The topological polar surface area (TPSA) is 58.2 Å². The van der Waals surface area contributed by atoms with Gasteiger partial charge in [0, 0.05) is 12.3 Å². The van der Waals surface area contributed by atoms with Crippen LogP contribution in [0.4, 0.5) is 23.2 Å². The van der Waals surface area contributed by atoms with Crippen molar-refractivity contribution in [3.8, 4) is 0 Å². The van der Waals surface area contributed by atoms with Gasteiger partial charge < -0.3 is 10.6 Å². The van der Waals surface area contributed by atoms with Crippen LogP contribution in [0.5, 0.6) is 0 Å². The van der Waals surface area contributed by atoms with E-state index in [1.807, 2.05) is 0 Å². The van der Waals surface area contributed by atoms with E-state index in [9.17, 15) is 27.2 Å². The predicted octanol–water partition coefficient (Wildman–Crippen LogP) is 3.02. The van der Waals surface area contributed by atoms with Crippen LogP contribution in [0.15, 0.2) is 36.5 Å². The zero-order chi connectivity index (χ0) is 17.6. The van der Waals surface area contributed by atoms with Gasteiger partial charge in [-0.05, 0) is 18.1 Å². The smallest absolute Gasteiger partial charge is 0.379 e. The second kappa shape index (κ2) is 7.75. The fourth-order valence-corrected chi connectivity index (χ4v) is 1.67. The van der Waals surface area contributed by atoms with Crippen molar-refractivity contribution in [1.29, 1.82) is 0 Å². The van der Waals surface area contributed by atoms with Gasteiger partial charge in [0.1, 0.15) is 11.9 Å². The normalized spacial score (nSPS) is 13.2. The highest BCUT2D eigenvalue weighted by Gasteiger charge is 2.36. The van der Waals surface area contributed by atoms with Crippen LogP contribution < -0.4 is 10.6 Å². The molecule has 1 amide bonds. The molecule has 0 fully saturated rings. The molecule has 0 spiro atoms.